The average Bonchev–Trinajstić information content (AvgIpc) is 2.92. The van der Waals surface area contributed by atoms with E-state index in [1.54, 1.807) is 0 Å². The second kappa shape index (κ2) is 4.14. The van der Waals surface area contributed by atoms with E-state index in [9.17, 15) is 0 Å². The summed E-state index contributed by atoms with van der Waals surface area (Å²) in [4.78, 5) is 1.93. The van der Waals surface area contributed by atoms with Crippen LogP contribution >= 0.6 is 11.6 Å². The van der Waals surface area contributed by atoms with Crippen molar-refractivity contribution in [2.75, 3.05) is 18.1 Å². The van der Waals surface area contributed by atoms with Crippen molar-refractivity contribution in [1.82, 2.24) is 10.2 Å². The van der Waals surface area contributed by atoms with E-state index in [0.717, 1.165) is 12.8 Å². The lowest BCUT2D eigenvalue weighted by atomic mass is 10.5. The SMILES string of the molecule is OCCN(c1nnc(CCl)o1)C1CC1. The van der Waals surface area contributed by atoms with Crippen LogP contribution in [0.25, 0.3) is 0 Å². The van der Waals surface area contributed by atoms with Gasteiger partial charge in [0.2, 0.25) is 5.89 Å². The molecule has 0 radical (unpaired) electrons. The Hall–Kier alpha value is -0.810. The van der Waals surface area contributed by atoms with Gasteiger partial charge in [-0.05, 0) is 12.8 Å². The summed E-state index contributed by atoms with van der Waals surface area (Å²) in [6, 6.07) is 0.919. The highest BCUT2D eigenvalue weighted by molar-refractivity contribution is 6.16. The molecule has 0 spiro atoms. The van der Waals surface area contributed by atoms with Crippen molar-refractivity contribution in [2.45, 2.75) is 24.8 Å². The number of rotatable bonds is 5. The van der Waals surface area contributed by atoms with Crippen LogP contribution in [0.3, 0.4) is 0 Å². The van der Waals surface area contributed by atoms with E-state index in [4.69, 9.17) is 21.1 Å². The highest BCUT2D eigenvalue weighted by Gasteiger charge is 2.31. The molecule has 0 saturated heterocycles. The van der Waals surface area contributed by atoms with Gasteiger partial charge in [0, 0.05) is 12.6 Å². The molecule has 1 aliphatic rings. The van der Waals surface area contributed by atoms with Gasteiger partial charge in [-0.1, -0.05) is 5.10 Å². The first-order chi connectivity index (χ1) is 6.85. The average molecular weight is 218 g/mol. The van der Waals surface area contributed by atoms with Crippen LogP contribution in [0.1, 0.15) is 18.7 Å². The molecule has 1 fully saturated rings. The summed E-state index contributed by atoms with van der Waals surface area (Å²) in [5.74, 6) is 0.648. The molecule has 1 aromatic rings. The molecule has 0 aliphatic heterocycles. The van der Waals surface area contributed by atoms with Gasteiger partial charge >= 0.3 is 6.01 Å². The van der Waals surface area contributed by atoms with E-state index in [-0.39, 0.29) is 12.5 Å². The summed E-state index contributed by atoms with van der Waals surface area (Å²) in [5.41, 5.74) is 0. The van der Waals surface area contributed by atoms with Crippen molar-refractivity contribution in [2.24, 2.45) is 0 Å². The van der Waals surface area contributed by atoms with Crippen LogP contribution < -0.4 is 4.90 Å². The number of aromatic nitrogens is 2. The molecular formula is C8H12ClN3O2. The Morgan fingerprint density at radius 3 is 2.79 bits per heavy atom. The van der Waals surface area contributed by atoms with Crippen molar-refractivity contribution in [3.8, 4) is 0 Å². The lowest BCUT2D eigenvalue weighted by molar-refractivity contribution is 0.297. The fourth-order valence-electron chi connectivity index (χ4n) is 1.34. The third kappa shape index (κ3) is 1.99. The number of aliphatic hydroxyl groups excluding tert-OH is 1. The van der Waals surface area contributed by atoms with Gasteiger partial charge in [-0.3, -0.25) is 0 Å². The standard InChI is InChI=1S/C8H12ClN3O2/c9-5-7-10-11-8(14-7)12(3-4-13)6-1-2-6/h6,13H,1-5H2. The Kier molecular flexibility index (Phi) is 2.88. The van der Waals surface area contributed by atoms with E-state index >= 15 is 0 Å². The number of hydrogen-bond acceptors (Lipinski definition) is 5. The first-order valence-electron chi connectivity index (χ1n) is 4.61. The minimum atomic E-state index is 0.0923. The van der Waals surface area contributed by atoms with Crippen molar-refractivity contribution < 1.29 is 9.52 Å². The summed E-state index contributed by atoms with van der Waals surface area (Å²) in [6.07, 6.45) is 2.25. The molecule has 1 saturated carbocycles. The Morgan fingerprint density at radius 1 is 1.50 bits per heavy atom. The topological polar surface area (TPSA) is 62.4 Å². The third-order valence-electron chi connectivity index (χ3n) is 2.14. The van der Waals surface area contributed by atoms with Gasteiger partial charge in [0.05, 0.1) is 6.61 Å². The van der Waals surface area contributed by atoms with Crippen molar-refractivity contribution in [3.05, 3.63) is 5.89 Å². The predicted molar refractivity (Wildman–Crippen MR) is 51.3 cm³/mol. The van der Waals surface area contributed by atoms with E-state index in [1.807, 2.05) is 4.90 Å². The zero-order valence-corrected chi connectivity index (χ0v) is 8.44. The quantitative estimate of drug-likeness (QED) is 0.739. The molecule has 1 aliphatic carbocycles. The van der Waals surface area contributed by atoms with E-state index in [1.165, 1.54) is 0 Å². The first kappa shape index (κ1) is 9.73. The number of hydrogen-bond donors (Lipinski definition) is 1. The van der Waals surface area contributed by atoms with Gasteiger partial charge in [0.15, 0.2) is 0 Å². The molecule has 6 heteroatoms. The zero-order chi connectivity index (χ0) is 9.97. The normalized spacial score (nSPS) is 15.9. The van der Waals surface area contributed by atoms with E-state index in [0.29, 0.717) is 24.5 Å². The zero-order valence-electron chi connectivity index (χ0n) is 7.69. The monoisotopic (exact) mass is 217 g/mol. The van der Waals surface area contributed by atoms with Gasteiger partial charge in [-0.15, -0.1) is 16.7 Å². The van der Waals surface area contributed by atoms with Crippen LogP contribution in [0.15, 0.2) is 4.42 Å². The third-order valence-corrected chi connectivity index (χ3v) is 2.37. The molecule has 5 nitrogen and oxygen atoms in total. The fraction of sp³-hybridized carbons (Fsp3) is 0.750. The largest absolute Gasteiger partial charge is 0.407 e. The van der Waals surface area contributed by atoms with Crippen LogP contribution in [0, 0.1) is 0 Å². The molecule has 0 bridgehead atoms. The molecule has 1 heterocycles. The molecule has 0 unspecified atom stereocenters. The highest BCUT2D eigenvalue weighted by Crippen LogP contribution is 2.30. The number of alkyl halides is 1. The van der Waals surface area contributed by atoms with Crippen LogP contribution in [0.4, 0.5) is 6.01 Å². The Morgan fingerprint density at radius 2 is 2.29 bits per heavy atom. The van der Waals surface area contributed by atoms with Crippen molar-refractivity contribution in [1.29, 1.82) is 0 Å². The lowest BCUT2D eigenvalue weighted by Gasteiger charge is -2.17. The summed E-state index contributed by atoms with van der Waals surface area (Å²) in [6.45, 7) is 0.629. The molecule has 0 amide bonds. The minimum Gasteiger partial charge on any atom is -0.407 e. The highest BCUT2D eigenvalue weighted by atomic mass is 35.5. The van der Waals surface area contributed by atoms with Crippen LogP contribution in [0.2, 0.25) is 0 Å². The Labute approximate surface area is 86.7 Å². The number of aliphatic hydroxyl groups is 1. The van der Waals surface area contributed by atoms with Crippen molar-refractivity contribution >= 4 is 17.6 Å². The van der Waals surface area contributed by atoms with Crippen LogP contribution in [-0.2, 0) is 5.88 Å². The van der Waals surface area contributed by atoms with Gasteiger partial charge in [-0.2, -0.15) is 0 Å². The number of halogens is 1. The maximum atomic E-state index is 8.88. The van der Waals surface area contributed by atoms with E-state index in [2.05, 4.69) is 10.2 Å². The number of anilines is 1. The minimum absolute atomic E-state index is 0.0923. The molecule has 0 aromatic carbocycles. The van der Waals surface area contributed by atoms with Crippen molar-refractivity contribution in [3.63, 3.8) is 0 Å². The molecule has 1 aromatic heterocycles. The molecular weight excluding hydrogens is 206 g/mol. The Bertz CT molecular complexity index is 301. The van der Waals surface area contributed by atoms with Gasteiger partial charge < -0.3 is 14.4 Å². The maximum absolute atomic E-state index is 8.88. The summed E-state index contributed by atoms with van der Waals surface area (Å²) in [5, 5.41) is 16.5. The Balaban J connectivity index is 2.08. The van der Waals surface area contributed by atoms with Gasteiger partial charge in [-0.25, -0.2) is 0 Å². The number of nitrogens with zero attached hydrogens (tertiary/aromatic N) is 3. The van der Waals surface area contributed by atoms with Gasteiger partial charge in [0.1, 0.15) is 5.88 Å². The molecule has 78 valence electrons. The van der Waals surface area contributed by atoms with Gasteiger partial charge in [0.25, 0.3) is 0 Å². The van der Waals surface area contributed by atoms with E-state index < -0.39 is 0 Å². The molecule has 0 atom stereocenters. The first-order valence-corrected chi connectivity index (χ1v) is 5.14. The smallest absolute Gasteiger partial charge is 0.318 e. The second-order valence-electron chi connectivity index (χ2n) is 3.26. The fourth-order valence-corrected chi connectivity index (χ4v) is 1.45. The maximum Gasteiger partial charge on any atom is 0.318 e. The van der Waals surface area contributed by atoms with Crippen LogP contribution in [-0.4, -0.2) is 34.5 Å². The molecule has 2 rings (SSSR count). The second-order valence-corrected chi connectivity index (χ2v) is 3.53. The van der Waals surface area contributed by atoms with Crippen LogP contribution in [0.5, 0.6) is 0 Å². The summed E-state index contributed by atoms with van der Waals surface area (Å²) < 4.78 is 5.31. The molecule has 14 heavy (non-hydrogen) atoms. The summed E-state index contributed by atoms with van der Waals surface area (Å²) >= 11 is 5.55. The molecule has 1 N–H and O–H groups in total. The summed E-state index contributed by atoms with van der Waals surface area (Å²) in [7, 11) is 0. The lowest BCUT2D eigenvalue weighted by Crippen LogP contribution is -2.29. The predicted octanol–water partition coefficient (Wildman–Crippen LogP) is 0.769.